The Morgan fingerprint density at radius 2 is 2.31 bits per heavy atom. The minimum absolute atomic E-state index is 0.968. The van der Waals surface area contributed by atoms with Crippen molar-refractivity contribution >= 4 is 27.5 Å². The number of thiazole rings is 2. The van der Waals surface area contributed by atoms with Gasteiger partial charge in [0.25, 0.3) is 0 Å². The fourth-order valence-corrected chi connectivity index (χ4v) is 2.59. The Morgan fingerprint density at radius 3 is 3.15 bits per heavy atom. The molecule has 0 atom stereocenters. The molecule has 0 aliphatic rings. The van der Waals surface area contributed by atoms with Gasteiger partial charge >= 0.3 is 0 Å². The Hall–Kier alpha value is -1.20. The summed E-state index contributed by atoms with van der Waals surface area (Å²) in [5.41, 5.74) is 3.78. The highest BCUT2D eigenvalue weighted by atomic mass is 32.1. The van der Waals surface area contributed by atoms with E-state index >= 15 is 0 Å². The van der Waals surface area contributed by atoms with E-state index in [2.05, 4.69) is 9.97 Å². The van der Waals surface area contributed by atoms with Gasteiger partial charge in [0.05, 0.1) is 5.51 Å². The van der Waals surface area contributed by atoms with Crippen LogP contribution in [0, 0.1) is 0 Å². The highest BCUT2D eigenvalue weighted by molar-refractivity contribution is 7.16. The monoisotopic (exact) mass is 207 g/mol. The quantitative estimate of drug-likeness (QED) is 0.613. The van der Waals surface area contributed by atoms with Crippen molar-refractivity contribution < 1.29 is 0 Å². The van der Waals surface area contributed by atoms with Gasteiger partial charge < -0.3 is 0 Å². The van der Waals surface area contributed by atoms with Crippen LogP contribution in [0.2, 0.25) is 0 Å². The number of nitrogens with zero attached hydrogens (tertiary/aromatic N) is 3. The summed E-state index contributed by atoms with van der Waals surface area (Å²) in [6.07, 6.45) is 3.82. The second kappa shape index (κ2) is 2.65. The maximum absolute atomic E-state index is 4.32. The zero-order valence-electron chi connectivity index (χ0n) is 6.54. The zero-order valence-corrected chi connectivity index (χ0v) is 8.18. The molecule has 3 heterocycles. The first-order chi connectivity index (χ1) is 6.45. The molecule has 0 amide bonds. The molecule has 0 fully saturated rings. The minimum Gasteiger partial charge on any atom is -0.296 e. The predicted octanol–water partition coefficient (Wildman–Crippen LogP) is 2.52. The third kappa shape index (κ3) is 1.01. The highest BCUT2D eigenvalue weighted by Crippen LogP contribution is 2.25. The molecule has 0 aliphatic carbocycles. The second-order valence-corrected chi connectivity index (χ2v) is 4.20. The van der Waals surface area contributed by atoms with Crippen molar-refractivity contribution in [3.05, 3.63) is 28.8 Å². The van der Waals surface area contributed by atoms with E-state index in [1.165, 1.54) is 0 Å². The van der Waals surface area contributed by atoms with Crippen LogP contribution in [0.1, 0.15) is 0 Å². The van der Waals surface area contributed by atoms with E-state index in [1.807, 2.05) is 33.2 Å². The average molecular weight is 207 g/mol. The van der Waals surface area contributed by atoms with Gasteiger partial charge in [0.2, 0.25) is 0 Å². The number of rotatable bonds is 1. The highest BCUT2D eigenvalue weighted by Gasteiger charge is 2.08. The Morgan fingerprint density at radius 1 is 1.31 bits per heavy atom. The molecule has 64 valence electrons. The standard InChI is InChI=1S/C8H5N3S2/c1-2-13-8-7(9-4-11(1)8)6-3-12-5-10-6/h1-5H. The van der Waals surface area contributed by atoms with Gasteiger partial charge in [0.1, 0.15) is 22.5 Å². The lowest BCUT2D eigenvalue weighted by Crippen LogP contribution is -1.74. The van der Waals surface area contributed by atoms with Crippen LogP contribution in [-0.4, -0.2) is 14.4 Å². The Bertz CT molecular complexity index is 520. The first-order valence-electron chi connectivity index (χ1n) is 3.74. The molecular formula is C8H5N3S2. The van der Waals surface area contributed by atoms with Crippen LogP contribution in [-0.2, 0) is 0 Å². The van der Waals surface area contributed by atoms with Crippen LogP contribution < -0.4 is 0 Å². The molecule has 0 N–H and O–H groups in total. The van der Waals surface area contributed by atoms with Gasteiger partial charge in [-0.05, 0) is 0 Å². The first kappa shape index (κ1) is 7.23. The molecule has 0 unspecified atom stereocenters. The van der Waals surface area contributed by atoms with Gasteiger partial charge in [-0.3, -0.25) is 4.40 Å². The van der Waals surface area contributed by atoms with Gasteiger partial charge in [-0.15, -0.1) is 22.7 Å². The Labute approximate surface area is 82.3 Å². The lowest BCUT2D eigenvalue weighted by Gasteiger charge is -1.86. The summed E-state index contributed by atoms with van der Waals surface area (Å²) in [5.74, 6) is 0. The van der Waals surface area contributed by atoms with Crippen molar-refractivity contribution in [1.82, 2.24) is 14.4 Å². The maximum atomic E-state index is 4.32. The Kier molecular flexibility index (Phi) is 1.47. The van der Waals surface area contributed by atoms with Crippen LogP contribution in [0.25, 0.3) is 16.2 Å². The summed E-state index contributed by atoms with van der Waals surface area (Å²) >= 11 is 3.28. The minimum atomic E-state index is 0.968. The van der Waals surface area contributed by atoms with Crippen molar-refractivity contribution in [2.75, 3.05) is 0 Å². The van der Waals surface area contributed by atoms with Crippen molar-refractivity contribution in [3.63, 3.8) is 0 Å². The maximum Gasteiger partial charge on any atom is 0.129 e. The number of imidazole rings is 1. The van der Waals surface area contributed by atoms with Crippen LogP contribution in [0.15, 0.2) is 28.8 Å². The van der Waals surface area contributed by atoms with E-state index < -0.39 is 0 Å². The molecular weight excluding hydrogens is 202 g/mol. The zero-order chi connectivity index (χ0) is 8.67. The molecule has 3 nitrogen and oxygen atoms in total. The van der Waals surface area contributed by atoms with Crippen molar-refractivity contribution in [1.29, 1.82) is 0 Å². The second-order valence-electron chi connectivity index (χ2n) is 2.58. The molecule has 13 heavy (non-hydrogen) atoms. The number of hydrogen-bond acceptors (Lipinski definition) is 4. The molecule has 0 aromatic carbocycles. The first-order valence-corrected chi connectivity index (χ1v) is 5.56. The molecule has 0 aliphatic heterocycles. The Balaban J connectivity index is 2.33. The SMILES string of the molecule is c1nc(-c2ncn3ccsc23)cs1. The fourth-order valence-electron chi connectivity index (χ4n) is 1.24. The van der Waals surface area contributed by atoms with Crippen LogP contribution in [0.5, 0.6) is 0 Å². The third-order valence-corrected chi connectivity index (χ3v) is 3.30. The van der Waals surface area contributed by atoms with Crippen molar-refractivity contribution in [2.45, 2.75) is 0 Å². The summed E-state index contributed by atoms with van der Waals surface area (Å²) in [5, 5.41) is 4.06. The van der Waals surface area contributed by atoms with E-state index in [1.54, 1.807) is 22.7 Å². The molecule has 5 heteroatoms. The molecule has 3 rings (SSSR count). The van der Waals surface area contributed by atoms with E-state index in [-0.39, 0.29) is 0 Å². The van der Waals surface area contributed by atoms with Crippen molar-refractivity contribution in [2.24, 2.45) is 0 Å². The molecule has 0 radical (unpaired) electrons. The topological polar surface area (TPSA) is 30.2 Å². The molecule has 0 saturated carbocycles. The lowest BCUT2D eigenvalue weighted by molar-refractivity contribution is 1.18. The van der Waals surface area contributed by atoms with Gasteiger partial charge in [-0.2, -0.15) is 0 Å². The molecule has 3 aromatic rings. The number of hydrogen-bond donors (Lipinski definition) is 0. The normalized spacial score (nSPS) is 11.1. The summed E-state index contributed by atoms with van der Waals surface area (Å²) in [6, 6.07) is 0. The van der Waals surface area contributed by atoms with Gasteiger partial charge in [-0.1, -0.05) is 0 Å². The largest absolute Gasteiger partial charge is 0.296 e. The van der Waals surface area contributed by atoms with E-state index in [0.717, 1.165) is 16.2 Å². The summed E-state index contributed by atoms with van der Waals surface area (Å²) in [4.78, 5) is 9.71. The predicted molar refractivity (Wildman–Crippen MR) is 54.2 cm³/mol. The molecule has 0 bridgehead atoms. The average Bonchev–Trinajstić information content (AvgIpc) is 2.79. The van der Waals surface area contributed by atoms with Crippen LogP contribution in [0.4, 0.5) is 0 Å². The third-order valence-electron chi connectivity index (χ3n) is 1.82. The van der Waals surface area contributed by atoms with Crippen LogP contribution in [0.3, 0.4) is 0 Å². The summed E-state index contributed by atoms with van der Waals surface area (Å²) < 4.78 is 2.01. The van der Waals surface area contributed by atoms with E-state index in [9.17, 15) is 0 Å². The molecule has 3 aromatic heterocycles. The number of fused-ring (bicyclic) bond motifs is 1. The smallest absolute Gasteiger partial charge is 0.129 e. The summed E-state index contributed by atoms with van der Waals surface area (Å²) in [7, 11) is 0. The molecule has 0 saturated heterocycles. The van der Waals surface area contributed by atoms with Gasteiger partial charge in [-0.25, -0.2) is 9.97 Å². The van der Waals surface area contributed by atoms with Crippen LogP contribution >= 0.6 is 22.7 Å². The summed E-state index contributed by atoms with van der Waals surface area (Å²) in [6.45, 7) is 0. The van der Waals surface area contributed by atoms with E-state index in [0.29, 0.717) is 0 Å². The van der Waals surface area contributed by atoms with Gasteiger partial charge in [0, 0.05) is 17.0 Å². The van der Waals surface area contributed by atoms with Gasteiger partial charge in [0.15, 0.2) is 0 Å². The molecule has 0 spiro atoms. The van der Waals surface area contributed by atoms with E-state index in [4.69, 9.17) is 0 Å². The number of aromatic nitrogens is 3. The van der Waals surface area contributed by atoms with Crippen molar-refractivity contribution in [3.8, 4) is 11.4 Å². The lowest BCUT2D eigenvalue weighted by atomic mass is 10.4. The fraction of sp³-hybridized carbons (Fsp3) is 0.